The molecule has 54 heavy (non-hydrogen) atoms. The average molecular weight is 715 g/mol. The van der Waals surface area contributed by atoms with Gasteiger partial charge in [-0.3, -0.25) is 0 Å². The first-order valence-electron chi connectivity index (χ1n) is 18.7. The van der Waals surface area contributed by atoms with E-state index < -0.39 is 0 Å². The Morgan fingerprint density at radius 2 is 0.778 bits per heavy atom. The van der Waals surface area contributed by atoms with Crippen LogP contribution in [0.25, 0.3) is 139 Å². The lowest BCUT2D eigenvalue weighted by Gasteiger charge is -2.19. The van der Waals surface area contributed by atoms with Crippen LogP contribution in [0, 0.1) is 0 Å². The molecule has 2 aliphatic carbocycles. The van der Waals surface area contributed by atoms with Gasteiger partial charge in [-0.1, -0.05) is 133 Å². The van der Waals surface area contributed by atoms with Crippen LogP contribution in [0.5, 0.6) is 0 Å². The Morgan fingerprint density at radius 1 is 0.278 bits per heavy atom. The van der Waals surface area contributed by atoms with Crippen molar-refractivity contribution in [1.82, 2.24) is 0 Å². The summed E-state index contributed by atoms with van der Waals surface area (Å²) in [4.78, 5) is 5.46. The third kappa shape index (κ3) is 3.40. The van der Waals surface area contributed by atoms with Crippen LogP contribution in [0.4, 0.5) is 0 Å². The van der Waals surface area contributed by atoms with Crippen molar-refractivity contribution in [3.8, 4) is 64.0 Å². The summed E-state index contributed by atoms with van der Waals surface area (Å²) >= 11 is 3.89. The van der Waals surface area contributed by atoms with E-state index in [-0.39, 0.29) is 0 Å². The van der Waals surface area contributed by atoms with Crippen LogP contribution in [0.1, 0.15) is 0 Å². The van der Waals surface area contributed by atoms with Crippen LogP contribution in [-0.2, 0) is 0 Å². The molecule has 0 fully saturated rings. The van der Waals surface area contributed by atoms with Crippen molar-refractivity contribution >= 4 is 98.1 Å². The molecule has 2 heterocycles. The van der Waals surface area contributed by atoms with Crippen LogP contribution in [-0.4, -0.2) is 0 Å². The Labute approximate surface area is 318 Å². The fourth-order valence-electron chi connectivity index (χ4n) is 10.2. The molecular weight excluding hydrogens is 689 g/mol. The minimum Gasteiger partial charge on any atom is -0.135 e. The molecule has 2 aliphatic rings. The Kier molecular flexibility index (Phi) is 5.12. The zero-order valence-corrected chi connectivity index (χ0v) is 30.5. The number of hydrogen-bond acceptors (Lipinski definition) is 2. The lowest BCUT2D eigenvalue weighted by Crippen LogP contribution is -1.91. The Bertz CT molecular complexity index is 3640. The van der Waals surface area contributed by atoms with E-state index in [0.717, 1.165) is 0 Å². The summed E-state index contributed by atoms with van der Waals surface area (Å²) < 4.78 is 0. The van der Waals surface area contributed by atoms with E-state index in [1.807, 2.05) is 22.7 Å². The van der Waals surface area contributed by atoms with Crippen molar-refractivity contribution in [2.75, 3.05) is 0 Å². The van der Waals surface area contributed by atoms with Gasteiger partial charge in [0.05, 0.1) is 0 Å². The summed E-state index contributed by atoms with van der Waals surface area (Å²) in [7, 11) is 0. The molecule has 0 radical (unpaired) electrons. The van der Waals surface area contributed by atoms with Gasteiger partial charge in [-0.2, -0.15) is 0 Å². The normalized spacial score (nSPS) is 12.8. The van der Waals surface area contributed by atoms with Gasteiger partial charge in [0, 0.05) is 47.1 Å². The molecule has 0 atom stereocenters. The van der Waals surface area contributed by atoms with E-state index in [0.29, 0.717) is 0 Å². The SMILES string of the molecule is c1ccc2cc(-c3cc4c(s3)-c3ccc5c6ccc7c8c(c9ccccc9c(c9ccc-4c3c59)c86)-c3sc(-c4ccc5ccccc5c4)cc3-7)ccc2c1. The molecule has 0 nitrogen and oxygen atoms in total. The molecule has 0 saturated carbocycles. The van der Waals surface area contributed by atoms with Crippen LogP contribution >= 0.6 is 22.7 Å². The maximum atomic E-state index is 2.46. The predicted octanol–water partition coefficient (Wildman–Crippen LogP) is 15.9. The van der Waals surface area contributed by atoms with Gasteiger partial charge in [0.25, 0.3) is 0 Å². The molecule has 0 aliphatic heterocycles. The number of hydrogen-bond donors (Lipinski definition) is 0. The van der Waals surface area contributed by atoms with Crippen molar-refractivity contribution in [3.63, 3.8) is 0 Å². The second-order valence-electron chi connectivity index (χ2n) is 15.1. The largest absolute Gasteiger partial charge is 0.135 e. The quantitative estimate of drug-likeness (QED) is 0.124. The van der Waals surface area contributed by atoms with Gasteiger partial charge in [0.2, 0.25) is 0 Å². The van der Waals surface area contributed by atoms with Crippen molar-refractivity contribution < 1.29 is 0 Å². The first-order chi connectivity index (χ1) is 26.8. The Balaban J connectivity index is 1.02. The molecule has 246 valence electrons. The molecule has 2 heteroatoms. The Hall–Kier alpha value is -6.32. The van der Waals surface area contributed by atoms with Gasteiger partial charge in [-0.25, -0.2) is 0 Å². The molecule has 0 bridgehead atoms. The van der Waals surface area contributed by atoms with E-state index in [1.165, 1.54) is 139 Å². The topological polar surface area (TPSA) is 0 Å². The number of rotatable bonds is 2. The molecule has 12 aromatic rings. The van der Waals surface area contributed by atoms with E-state index >= 15 is 0 Å². The van der Waals surface area contributed by atoms with Gasteiger partial charge < -0.3 is 0 Å². The van der Waals surface area contributed by atoms with E-state index in [1.54, 1.807) is 0 Å². The van der Waals surface area contributed by atoms with Gasteiger partial charge in [-0.05, 0) is 117 Å². The fraction of sp³-hybridized carbons (Fsp3) is 0. The van der Waals surface area contributed by atoms with E-state index in [4.69, 9.17) is 0 Å². The van der Waals surface area contributed by atoms with Crippen LogP contribution in [0.3, 0.4) is 0 Å². The van der Waals surface area contributed by atoms with Crippen LogP contribution in [0.2, 0.25) is 0 Å². The summed E-state index contributed by atoms with van der Waals surface area (Å²) in [5.74, 6) is 0. The van der Waals surface area contributed by atoms with Gasteiger partial charge in [0.15, 0.2) is 0 Å². The van der Waals surface area contributed by atoms with Crippen molar-refractivity contribution in [2.45, 2.75) is 0 Å². The summed E-state index contributed by atoms with van der Waals surface area (Å²) in [5.41, 5.74) is 10.9. The third-order valence-electron chi connectivity index (χ3n) is 12.5. The highest BCUT2D eigenvalue weighted by molar-refractivity contribution is 7.20. The maximum absolute atomic E-state index is 2.46. The summed E-state index contributed by atoms with van der Waals surface area (Å²) in [6, 6.07) is 59.8. The zero-order chi connectivity index (χ0) is 34.8. The van der Waals surface area contributed by atoms with E-state index in [9.17, 15) is 0 Å². The first-order valence-corrected chi connectivity index (χ1v) is 20.3. The lowest BCUT2D eigenvalue weighted by molar-refractivity contribution is 1.73. The molecule has 10 aromatic carbocycles. The van der Waals surface area contributed by atoms with Gasteiger partial charge >= 0.3 is 0 Å². The van der Waals surface area contributed by atoms with Crippen molar-refractivity contribution in [3.05, 3.63) is 158 Å². The fourth-order valence-corrected chi connectivity index (χ4v) is 12.6. The monoisotopic (exact) mass is 714 g/mol. The highest BCUT2D eigenvalue weighted by Gasteiger charge is 2.32. The van der Waals surface area contributed by atoms with Crippen LogP contribution in [0.15, 0.2) is 158 Å². The predicted molar refractivity (Wildman–Crippen MR) is 236 cm³/mol. The number of benzene rings is 10. The van der Waals surface area contributed by atoms with Gasteiger partial charge in [-0.15, -0.1) is 22.7 Å². The molecule has 0 saturated heterocycles. The maximum Gasteiger partial charge on any atom is 0.0440 e. The van der Waals surface area contributed by atoms with Crippen molar-refractivity contribution in [1.29, 1.82) is 0 Å². The van der Waals surface area contributed by atoms with E-state index in [2.05, 4.69) is 158 Å². The summed E-state index contributed by atoms with van der Waals surface area (Å²) in [5, 5.41) is 19.0. The first kappa shape index (κ1) is 28.2. The Morgan fingerprint density at radius 3 is 1.48 bits per heavy atom. The molecule has 0 N–H and O–H groups in total. The van der Waals surface area contributed by atoms with Crippen LogP contribution < -0.4 is 0 Å². The molecule has 0 unspecified atom stereocenters. The average Bonchev–Trinajstić information content (AvgIpc) is 4.00. The third-order valence-corrected chi connectivity index (χ3v) is 14.9. The molecule has 0 spiro atoms. The second-order valence-corrected chi connectivity index (χ2v) is 17.2. The summed E-state index contributed by atoms with van der Waals surface area (Å²) in [6.45, 7) is 0. The molecule has 2 aromatic heterocycles. The lowest BCUT2D eigenvalue weighted by atomic mass is 9.84. The minimum absolute atomic E-state index is 1.28. The standard InChI is InChI=1S/C52H26S2/c1-3-9-29-23-31(15-13-27(29)7-1)43-25-41-37-19-21-39-45-35(20-22-40(47(37)45)51(41)53-43)36-17-18-38-42-26-44(32-16-14-28-8-2-4-10-30(28)24-32)54-52(42)50-34-12-6-5-11-33(34)46(39)48(36)49(38)50/h1-26H. The van der Waals surface area contributed by atoms with Crippen molar-refractivity contribution in [2.24, 2.45) is 0 Å². The highest BCUT2D eigenvalue weighted by atomic mass is 32.1. The summed E-state index contributed by atoms with van der Waals surface area (Å²) in [6.07, 6.45) is 0. The molecular formula is C52H26S2. The number of thiophene rings is 2. The van der Waals surface area contributed by atoms with Gasteiger partial charge in [0.1, 0.15) is 0 Å². The molecule has 14 rings (SSSR count). The zero-order valence-electron chi connectivity index (χ0n) is 28.8. The smallest absolute Gasteiger partial charge is 0.0440 e. The second kappa shape index (κ2) is 9.80. The minimum atomic E-state index is 1.28. The number of fused-ring (bicyclic) bond motifs is 13. The highest BCUT2D eigenvalue weighted by Crippen LogP contribution is 2.61. The molecule has 0 amide bonds.